The molecule has 3 heterocycles. The molecule has 0 N–H and O–H groups in total. The standard InChI is InChI=1S/C19H18FN5O2S/c20-15-3-1-14(2-4-15)19-22-16(13-28-19)12-23-7-9-24(10-8-23)18-6-5-17(11-21-18)25(26)27/h1-6,11,13H,7-10,12H2. The Morgan fingerprint density at radius 2 is 1.86 bits per heavy atom. The number of halogens is 1. The van der Waals surface area contributed by atoms with E-state index in [1.807, 2.05) is 5.38 Å². The van der Waals surface area contributed by atoms with E-state index in [2.05, 4.69) is 19.8 Å². The second-order valence-corrected chi connectivity index (χ2v) is 7.40. The van der Waals surface area contributed by atoms with E-state index in [0.717, 1.165) is 54.8 Å². The fraction of sp³-hybridized carbons (Fsp3) is 0.263. The van der Waals surface area contributed by atoms with Crippen LogP contribution in [0.4, 0.5) is 15.9 Å². The van der Waals surface area contributed by atoms with Crippen molar-refractivity contribution in [2.45, 2.75) is 6.54 Å². The molecule has 0 amide bonds. The highest BCUT2D eigenvalue weighted by atomic mass is 32.1. The highest BCUT2D eigenvalue weighted by molar-refractivity contribution is 7.13. The SMILES string of the molecule is O=[N+]([O-])c1ccc(N2CCN(Cc3csc(-c4ccc(F)cc4)n3)CC2)nc1. The maximum absolute atomic E-state index is 13.1. The largest absolute Gasteiger partial charge is 0.354 e. The summed E-state index contributed by atoms with van der Waals surface area (Å²) in [6.07, 6.45) is 1.30. The van der Waals surface area contributed by atoms with E-state index in [9.17, 15) is 14.5 Å². The van der Waals surface area contributed by atoms with Crippen molar-refractivity contribution >= 4 is 22.8 Å². The molecule has 0 atom stereocenters. The molecule has 28 heavy (non-hydrogen) atoms. The molecule has 1 aliphatic heterocycles. The molecule has 9 heteroatoms. The summed E-state index contributed by atoms with van der Waals surface area (Å²) in [6.45, 7) is 4.10. The molecular weight excluding hydrogens is 381 g/mol. The van der Waals surface area contributed by atoms with Crippen LogP contribution in [0.3, 0.4) is 0 Å². The third-order valence-corrected chi connectivity index (χ3v) is 5.61. The summed E-state index contributed by atoms with van der Waals surface area (Å²) in [5.41, 5.74) is 1.93. The Bertz CT molecular complexity index is 953. The zero-order valence-electron chi connectivity index (χ0n) is 15.0. The number of anilines is 1. The molecule has 0 aliphatic carbocycles. The number of aromatic nitrogens is 2. The number of nitro groups is 1. The molecule has 1 aliphatic rings. The van der Waals surface area contributed by atoms with Crippen molar-refractivity contribution in [3.05, 3.63) is 69.6 Å². The lowest BCUT2D eigenvalue weighted by atomic mass is 10.2. The summed E-state index contributed by atoms with van der Waals surface area (Å²) in [5.74, 6) is 0.512. The van der Waals surface area contributed by atoms with Gasteiger partial charge >= 0.3 is 0 Å². The van der Waals surface area contributed by atoms with Crippen molar-refractivity contribution in [2.24, 2.45) is 0 Å². The second-order valence-electron chi connectivity index (χ2n) is 6.55. The molecule has 1 aromatic carbocycles. The van der Waals surface area contributed by atoms with Gasteiger partial charge in [0.15, 0.2) is 0 Å². The normalized spacial score (nSPS) is 15.0. The quantitative estimate of drug-likeness (QED) is 0.482. The Morgan fingerprint density at radius 1 is 1.11 bits per heavy atom. The van der Waals surface area contributed by atoms with Crippen molar-refractivity contribution in [3.63, 3.8) is 0 Å². The summed E-state index contributed by atoms with van der Waals surface area (Å²) in [7, 11) is 0. The van der Waals surface area contributed by atoms with Crippen LogP contribution < -0.4 is 4.90 Å². The number of hydrogen-bond donors (Lipinski definition) is 0. The molecule has 0 spiro atoms. The topological polar surface area (TPSA) is 75.4 Å². The summed E-state index contributed by atoms with van der Waals surface area (Å²) >= 11 is 1.56. The second kappa shape index (κ2) is 7.99. The van der Waals surface area contributed by atoms with Crippen LogP contribution in [-0.4, -0.2) is 46.0 Å². The molecule has 2 aromatic heterocycles. The number of nitrogens with zero attached hydrogens (tertiary/aromatic N) is 5. The van der Waals surface area contributed by atoms with Crippen molar-refractivity contribution in [1.82, 2.24) is 14.9 Å². The van der Waals surface area contributed by atoms with Gasteiger partial charge in [-0.1, -0.05) is 0 Å². The Kier molecular flexibility index (Phi) is 5.27. The minimum absolute atomic E-state index is 0.00266. The van der Waals surface area contributed by atoms with E-state index in [1.165, 1.54) is 24.4 Å². The molecule has 0 unspecified atom stereocenters. The van der Waals surface area contributed by atoms with Crippen LogP contribution in [-0.2, 0) is 6.54 Å². The average molecular weight is 399 g/mol. The Morgan fingerprint density at radius 3 is 2.50 bits per heavy atom. The molecule has 0 bridgehead atoms. The summed E-state index contributed by atoms with van der Waals surface area (Å²) < 4.78 is 13.1. The van der Waals surface area contributed by atoms with Crippen LogP contribution in [0.2, 0.25) is 0 Å². The fourth-order valence-corrected chi connectivity index (χ4v) is 3.96. The molecule has 1 fully saturated rings. The molecule has 4 rings (SSSR count). The van der Waals surface area contributed by atoms with Gasteiger partial charge in [0.25, 0.3) is 5.69 Å². The van der Waals surface area contributed by atoms with Crippen LogP contribution in [0.5, 0.6) is 0 Å². The smallest absolute Gasteiger partial charge is 0.287 e. The summed E-state index contributed by atoms with van der Waals surface area (Å²) in [4.78, 5) is 23.6. The van der Waals surface area contributed by atoms with E-state index >= 15 is 0 Å². The van der Waals surface area contributed by atoms with Crippen molar-refractivity contribution in [3.8, 4) is 10.6 Å². The number of piperazine rings is 1. The average Bonchev–Trinajstić information content (AvgIpc) is 3.18. The number of benzene rings is 1. The predicted octanol–water partition coefficient (Wildman–Crippen LogP) is 3.57. The third-order valence-electron chi connectivity index (χ3n) is 4.67. The highest BCUT2D eigenvalue weighted by Crippen LogP contribution is 2.25. The van der Waals surface area contributed by atoms with E-state index in [4.69, 9.17) is 0 Å². The lowest BCUT2D eigenvalue weighted by molar-refractivity contribution is -0.385. The molecule has 0 radical (unpaired) electrons. The van der Waals surface area contributed by atoms with Gasteiger partial charge < -0.3 is 4.90 Å². The molecule has 7 nitrogen and oxygen atoms in total. The first-order chi connectivity index (χ1) is 13.6. The first-order valence-corrected chi connectivity index (χ1v) is 9.74. The Balaban J connectivity index is 1.33. The number of thiazole rings is 1. The molecule has 144 valence electrons. The first-order valence-electron chi connectivity index (χ1n) is 8.86. The zero-order valence-corrected chi connectivity index (χ0v) is 15.8. The molecule has 0 saturated carbocycles. The maximum Gasteiger partial charge on any atom is 0.287 e. The first kappa shape index (κ1) is 18.5. The van der Waals surface area contributed by atoms with E-state index in [0.29, 0.717) is 0 Å². The summed E-state index contributed by atoms with van der Waals surface area (Å²) in [6, 6.07) is 9.57. The van der Waals surface area contributed by atoms with Gasteiger partial charge in [0.05, 0.1) is 10.6 Å². The van der Waals surface area contributed by atoms with E-state index < -0.39 is 4.92 Å². The van der Waals surface area contributed by atoms with Gasteiger partial charge in [0, 0.05) is 49.7 Å². The number of hydrogen-bond acceptors (Lipinski definition) is 7. The van der Waals surface area contributed by atoms with Crippen molar-refractivity contribution in [2.75, 3.05) is 31.1 Å². The van der Waals surface area contributed by atoms with Gasteiger partial charge in [-0.2, -0.15) is 0 Å². The molecule has 1 saturated heterocycles. The zero-order chi connectivity index (χ0) is 19.5. The summed E-state index contributed by atoms with van der Waals surface area (Å²) in [5, 5.41) is 13.7. The molecule has 3 aromatic rings. The lowest BCUT2D eigenvalue weighted by Gasteiger charge is -2.35. The Labute approximate surface area is 165 Å². The van der Waals surface area contributed by atoms with Gasteiger partial charge in [-0.15, -0.1) is 11.3 Å². The van der Waals surface area contributed by atoms with Crippen molar-refractivity contribution in [1.29, 1.82) is 0 Å². The molecular formula is C19H18FN5O2S. The number of rotatable bonds is 5. The van der Waals surface area contributed by atoms with Gasteiger partial charge in [0.2, 0.25) is 0 Å². The van der Waals surface area contributed by atoms with Gasteiger partial charge in [-0.3, -0.25) is 15.0 Å². The monoisotopic (exact) mass is 399 g/mol. The maximum atomic E-state index is 13.1. The fourth-order valence-electron chi connectivity index (χ4n) is 3.14. The minimum atomic E-state index is -0.442. The van der Waals surface area contributed by atoms with Gasteiger partial charge in [-0.05, 0) is 30.3 Å². The van der Waals surface area contributed by atoms with Crippen LogP contribution in [0, 0.1) is 15.9 Å². The van der Waals surface area contributed by atoms with Crippen LogP contribution >= 0.6 is 11.3 Å². The van der Waals surface area contributed by atoms with Gasteiger partial charge in [0.1, 0.15) is 22.8 Å². The van der Waals surface area contributed by atoms with Gasteiger partial charge in [-0.25, -0.2) is 14.4 Å². The Hall–Kier alpha value is -2.91. The number of pyridine rings is 1. The van der Waals surface area contributed by atoms with Crippen LogP contribution in [0.25, 0.3) is 10.6 Å². The lowest BCUT2D eigenvalue weighted by Crippen LogP contribution is -2.46. The highest BCUT2D eigenvalue weighted by Gasteiger charge is 2.20. The van der Waals surface area contributed by atoms with E-state index in [1.54, 1.807) is 29.5 Å². The third kappa shape index (κ3) is 4.15. The van der Waals surface area contributed by atoms with Crippen LogP contribution in [0.15, 0.2) is 48.0 Å². The van der Waals surface area contributed by atoms with Crippen molar-refractivity contribution < 1.29 is 9.31 Å². The predicted molar refractivity (Wildman–Crippen MR) is 106 cm³/mol. The van der Waals surface area contributed by atoms with Crippen LogP contribution in [0.1, 0.15) is 5.69 Å². The van der Waals surface area contributed by atoms with E-state index in [-0.39, 0.29) is 11.5 Å². The minimum Gasteiger partial charge on any atom is -0.354 e.